The summed E-state index contributed by atoms with van der Waals surface area (Å²) in [6.45, 7) is 8.92. The number of rotatable bonds is 6. The lowest BCUT2D eigenvalue weighted by Crippen LogP contribution is -2.22. The van der Waals surface area contributed by atoms with Gasteiger partial charge in [-0.15, -0.1) is 0 Å². The number of carbonyl (C=O) groups excluding carboxylic acids is 2. The lowest BCUT2D eigenvalue weighted by Gasteiger charge is -2.10. The fraction of sp³-hybridized carbons (Fsp3) is 0.250. The first-order valence-corrected chi connectivity index (χ1v) is 11.4. The van der Waals surface area contributed by atoms with Crippen LogP contribution in [0.2, 0.25) is 0 Å². The number of carbonyl (C=O) groups is 2. The summed E-state index contributed by atoms with van der Waals surface area (Å²) < 4.78 is 10.6. The number of hydrogen-bond donors (Lipinski definition) is 0. The number of para-hydroxylation sites is 1. The molecule has 2 heterocycles. The van der Waals surface area contributed by atoms with E-state index < -0.39 is 5.97 Å². The number of aromatic nitrogens is 3. The zero-order valence-electron chi connectivity index (χ0n) is 20.9. The van der Waals surface area contributed by atoms with Crippen LogP contribution in [-0.4, -0.2) is 32.3 Å². The number of ketones is 1. The van der Waals surface area contributed by atoms with Crippen LogP contribution in [0.5, 0.6) is 0 Å². The molecule has 0 fully saturated rings. The van der Waals surface area contributed by atoms with Crippen molar-refractivity contribution in [2.75, 3.05) is 6.61 Å². The first-order chi connectivity index (χ1) is 16.6. The standard InChI is InChI=1S/C28H29N3O4/c1-17-11-10-14-23(19(17)3)28(34)35-16-25(32)24-15-18(2)30(20(24)4)26-21(5)29(6)31(27(26)33)22-12-8-7-9-13-22/h7-15H,16H2,1-6H3. The monoisotopic (exact) mass is 471 g/mol. The van der Waals surface area contributed by atoms with E-state index in [1.54, 1.807) is 39.1 Å². The van der Waals surface area contributed by atoms with Crippen molar-refractivity contribution < 1.29 is 14.3 Å². The summed E-state index contributed by atoms with van der Waals surface area (Å²) in [5.41, 5.74) is 5.88. The third-order valence-electron chi connectivity index (χ3n) is 6.64. The van der Waals surface area contributed by atoms with Gasteiger partial charge >= 0.3 is 5.97 Å². The molecule has 7 heteroatoms. The van der Waals surface area contributed by atoms with Crippen molar-refractivity contribution in [3.05, 3.63) is 104 Å². The van der Waals surface area contributed by atoms with Gasteiger partial charge in [0.05, 0.1) is 16.9 Å². The Morgan fingerprint density at radius 2 is 1.54 bits per heavy atom. The number of ether oxygens (including phenoxy) is 1. The predicted molar refractivity (Wildman–Crippen MR) is 135 cm³/mol. The van der Waals surface area contributed by atoms with Gasteiger partial charge in [-0.1, -0.05) is 30.3 Å². The van der Waals surface area contributed by atoms with Crippen molar-refractivity contribution >= 4 is 11.8 Å². The summed E-state index contributed by atoms with van der Waals surface area (Å²) in [6.07, 6.45) is 0. The predicted octanol–water partition coefficient (Wildman–Crippen LogP) is 4.55. The lowest BCUT2D eigenvalue weighted by atomic mass is 10.0. The van der Waals surface area contributed by atoms with Crippen LogP contribution in [0.1, 0.15) is 48.9 Å². The van der Waals surface area contributed by atoms with E-state index in [0.29, 0.717) is 22.5 Å². The number of hydrogen-bond acceptors (Lipinski definition) is 4. The van der Waals surface area contributed by atoms with E-state index in [1.807, 2.05) is 71.1 Å². The molecule has 0 bridgehead atoms. The third kappa shape index (κ3) is 4.14. The highest BCUT2D eigenvalue weighted by atomic mass is 16.5. The third-order valence-corrected chi connectivity index (χ3v) is 6.64. The van der Waals surface area contributed by atoms with E-state index in [9.17, 15) is 14.4 Å². The molecular formula is C28H29N3O4. The molecule has 0 N–H and O–H groups in total. The first kappa shape index (κ1) is 24.0. The highest BCUT2D eigenvalue weighted by Gasteiger charge is 2.24. The zero-order valence-corrected chi connectivity index (χ0v) is 20.9. The molecule has 2 aromatic carbocycles. The molecule has 7 nitrogen and oxygen atoms in total. The van der Waals surface area contributed by atoms with Crippen LogP contribution in [0.3, 0.4) is 0 Å². The minimum absolute atomic E-state index is 0.182. The number of aryl methyl sites for hydroxylation is 2. The Morgan fingerprint density at radius 1 is 0.857 bits per heavy atom. The molecule has 0 atom stereocenters. The van der Waals surface area contributed by atoms with E-state index in [-0.39, 0.29) is 17.9 Å². The summed E-state index contributed by atoms with van der Waals surface area (Å²) in [6, 6.07) is 16.6. The van der Waals surface area contributed by atoms with Crippen molar-refractivity contribution in [1.29, 1.82) is 0 Å². The molecule has 0 unspecified atom stereocenters. The maximum atomic E-state index is 13.5. The van der Waals surface area contributed by atoms with Crippen LogP contribution < -0.4 is 5.56 Å². The Hall–Kier alpha value is -4.13. The Labute approximate surface area is 204 Å². The van der Waals surface area contributed by atoms with Gasteiger partial charge in [-0.2, -0.15) is 0 Å². The molecule has 0 saturated heterocycles. The van der Waals surface area contributed by atoms with Crippen LogP contribution in [0.4, 0.5) is 0 Å². The lowest BCUT2D eigenvalue weighted by molar-refractivity contribution is 0.0473. The Bertz CT molecular complexity index is 1500. The number of Topliss-reactive ketones (excluding diaryl/α,β-unsaturated/α-hetero) is 1. The molecule has 0 aliphatic carbocycles. The molecule has 4 rings (SSSR count). The van der Waals surface area contributed by atoms with Gasteiger partial charge in [0, 0.05) is 24.0 Å². The second-order valence-electron chi connectivity index (χ2n) is 8.78. The number of benzene rings is 2. The maximum absolute atomic E-state index is 13.5. The molecule has 0 amide bonds. The molecular weight excluding hydrogens is 442 g/mol. The van der Waals surface area contributed by atoms with Gasteiger partial charge in [-0.25, -0.2) is 9.48 Å². The molecule has 0 aliphatic rings. The SMILES string of the molecule is Cc1cccc(C(=O)OCC(=O)c2cc(C)n(-c3c(C)n(C)n(-c4ccccc4)c3=O)c2C)c1C. The van der Waals surface area contributed by atoms with Crippen molar-refractivity contribution in [2.24, 2.45) is 7.05 Å². The van der Waals surface area contributed by atoms with Crippen LogP contribution in [-0.2, 0) is 11.8 Å². The van der Waals surface area contributed by atoms with Crippen molar-refractivity contribution in [2.45, 2.75) is 34.6 Å². The van der Waals surface area contributed by atoms with Gasteiger partial charge in [0.25, 0.3) is 5.56 Å². The fourth-order valence-electron chi connectivity index (χ4n) is 4.46. The van der Waals surface area contributed by atoms with Crippen molar-refractivity contribution in [1.82, 2.24) is 13.9 Å². The molecule has 4 aromatic rings. The van der Waals surface area contributed by atoms with Crippen molar-refractivity contribution in [3.8, 4) is 11.4 Å². The number of esters is 1. The van der Waals surface area contributed by atoms with Gasteiger partial charge in [0.2, 0.25) is 5.78 Å². The van der Waals surface area contributed by atoms with Crippen LogP contribution in [0, 0.1) is 34.6 Å². The van der Waals surface area contributed by atoms with E-state index in [2.05, 4.69) is 0 Å². The van der Waals surface area contributed by atoms with E-state index >= 15 is 0 Å². The van der Waals surface area contributed by atoms with Crippen LogP contribution in [0.15, 0.2) is 59.4 Å². The Kier molecular flexibility index (Phi) is 6.35. The average molecular weight is 472 g/mol. The molecule has 0 spiro atoms. The van der Waals surface area contributed by atoms with Gasteiger partial charge in [-0.05, 0) is 70.0 Å². The minimum Gasteiger partial charge on any atom is -0.454 e. The minimum atomic E-state index is -0.530. The van der Waals surface area contributed by atoms with Gasteiger partial charge in [-0.3, -0.25) is 14.3 Å². The maximum Gasteiger partial charge on any atom is 0.338 e. The van der Waals surface area contributed by atoms with E-state index in [0.717, 1.165) is 28.2 Å². The summed E-state index contributed by atoms with van der Waals surface area (Å²) in [5.74, 6) is -0.849. The second kappa shape index (κ2) is 9.25. The molecule has 0 saturated carbocycles. The van der Waals surface area contributed by atoms with Crippen molar-refractivity contribution in [3.63, 3.8) is 0 Å². The topological polar surface area (TPSA) is 75.2 Å². The highest BCUT2D eigenvalue weighted by molar-refractivity contribution is 6.01. The van der Waals surface area contributed by atoms with Crippen LogP contribution in [0.25, 0.3) is 11.4 Å². The summed E-state index contributed by atoms with van der Waals surface area (Å²) in [5, 5.41) is 0. The van der Waals surface area contributed by atoms with Gasteiger partial charge in [0.15, 0.2) is 6.61 Å². The molecule has 35 heavy (non-hydrogen) atoms. The van der Waals surface area contributed by atoms with E-state index in [1.165, 1.54) is 0 Å². The molecule has 0 aliphatic heterocycles. The first-order valence-electron chi connectivity index (χ1n) is 11.4. The molecule has 0 radical (unpaired) electrons. The summed E-state index contributed by atoms with van der Waals surface area (Å²) in [7, 11) is 1.83. The van der Waals surface area contributed by atoms with E-state index in [4.69, 9.17) is 4.74 Å². The summed E-state index contributed by atoms with van der Waals surface area (Å²) in [4.78, 5) is 39.1. The van der Waals surface area contributed by atoms with Gasteiger partial charge in [0.1, 0.15) is 5.69 Å². The normalized spacial score (nSPS) is 11.0. The number of nitrogens with zero attached hydrogens (tertiary/aromatic N) is 3. The Morgan fingerprint density at radius 3 is 2.23 bits per heavy atom. The highest BCUT2D eigenvalue weighted by Crippen LogP contribution is 2.23. The smallest absolute Gasteiger partial charge is 0.338 e. The molecule has 2 aromatic heterocycles. The largest absolute Gasteiger partial charge is 0.454 e. The quantitative estimate of drug-likeness (QED) is 0.305. The summed E-state index contributed by atoms with van der Waals surface area (Å²) >= 11 is 0. The molecule has 180 valence electrons. The van der Waals surface area contributed by atoms with Crippen LogP contribution >= 0.6 is 0 Å². The second-order valence-corrected chi connectivity index (χ2v) is 8.78. The fourth-order valence-corrected chi connectivity index (χ4v) is 4.46. The zero-order chi connectivity index (χ0) is 25.4. The average Bonchev–Trinajstić information content (AvgIpc) is 3.25. The van der Waals surface area contributed by atoms with Gasteiger partial charge < -0.3 is 9.30 Å². The Balaban J connectivity index is 1.65.